The number of aromatic nitrogens is 1. The zero-order valence-corrected chi connectivity index (χ0v) is 13.3. The van der Waals surface area contributed by atoms with Crippen LogP contribution in [0, 0.1) is 0 Å². The van der Waals surface area contributed by atoms with Crippen molar-refractivity contribution in [3.63, 3.8) is 0 Å². The molecule has 1 fully saturated rings. The Morgan fingerprint density at radius 2 is 2.14 bits per heavy atom. The fraction of sp³-hybridized carbons (Fsp3) is 0.647. The van der Waals surface area contributed by atoms with Gasteiger partial charge >= 0.3 is 0 Å². The van der Waals surface area contributed by atoms with E-state index in [-0.39, 0.29) is 5.91 Å². The van der Waals surface area contributed by atoms with Gasteiger partial charge in [-0.3, -0.25) is 9.78 Å². The molecule has 1 aromatic heterocycles. The molecule has 4 heteroatoms. The van der Waals surface area contributed by atoms with Crippen molar-refractivity contribution in [2.24, 2.45) is 0 Å². The van der Waals surface area contributed by atoms with Crippen molar-refractivity contribution in [1.29, 1.82) is 0 Å². The molecular formula is C17H27N3O. The highest BCUT2D eigenvalue weighted by Crippen LogP contribution is 2.19. The molecular weight excluding hydrogens is 262 g/mol. The van der Waals surface area contributed by atoms with Gasteiger partial charge in [0.05, 0.1) is 0 Å². The van der Waals surface area contributed by atoms with Crippen molar-refractivity contribution < 1.29 is 4.79 Å². The summed E-state index contributed by atoms with van der Waals surface area (Å²) in [5.74, 6) is 0.272. The third-order valence-corrected chi connectivity index (χ3v) is 4.47. The normalized spacial score (nSPS) is 19.4. The lowest BCUT2D eigenvalue weighted by Crippen LogP contribution is -2.38. The highest BCUT2D eigenvalue weighted by Gasteiger charge is 2.21. The Morgan fingerprint density at radius 3 is 2.81 bits per heavy atom. The summed E-state index contributed by atoms with van der Waals surface area (Å²) in [5, 5.41) is 0. The third-order valence-electron chi connectivity index (χ3n) is 4.47. The highest BCUT2D eigenvalue weighted by molar-refractivity contribution is 5.76. The smallest absolute Gasteiger partial charge is 0.222 e. The number of nitrogens with zero attached hydrogens (tertiary/aromatic N) is 3. The predicted molar refractivity (Wildman–Crippen MR) is 84.8 cm³/mol. The molecule has 2 rings (SSSR count). The molecule has 116 valence electrons. The van der Waals surface area contributed by atoms with Crippen LogP contribution in [0.4, 0.5) is 0 Å². The molecule has 2 heterocycles. The first kappa shape index (κ1) is 16.0. The minimum absolute atomic E-state index is 0.272. The van der Waals surface area contributed by atoms with Crippen molar-refractivity contribution in [3.05, 3.63) is 30.1 Å². The minimum atomic E-state index is 0.272. The molecule has 1 unspecified atom stereocenters. The summed E-state index contributed by atoms with van der Waals surface area (Å²) in [7, 11) is 2.18. The molecule has 0 saturated carbocycles. The summed E-state index contributed by atoms with van der Waals surface area (Å²) in [6, 6.07) is 4.54. The van der Waals surface area contributed by atoms with Crippen molar-refractivity contribution in [3.8, 4) is 0 Å². The van der Waals surface area contributed by atoms with E-state index in [0.717, 1.165) is 18.5 Å². The Kier molecular flexibility index (Phi) is 6.18. The molecule has 0 radical (unpaired) electrons. The van der Waals surface area contributed by atoms with E-state index in [1.807, 2.05) is 24.0 Å². The summed E-state index contributed by atoms with van der Waals surface area (Å²) in [6.45, 7) is 4.68. The molecule has 0 aromatic carbocycles. The van der Waals surface area contributed by atoms with E-state index in [4.69, 9.17) is 0 Å². The number of carbonyl (C=O) groups is 1. The molecule has 0 N–H and O–H groups in total. The van der Waals surface area contributed by atoms with Gasteiger partial charge in [-0.05, 0) is 57.5 Å². The Bertz CT molecular complexity index is 435. The fourth-order valence-electron chi connectivity index (χ4n) is 3.04. The Morgan fingerprint density at radius 1 is 1.38 bits per heavy atom. The van der Waals surface area contributed by atoms with Crippen LogP contribution in [0.5, 0.6) is 0 Å². The predicted octanol–water partition coefficient (Wildman–Crippen LogP) is 2.69. The van der Waals surface area contributed by atoms with Gasteiger partial charge < -0.3 is 9.80 Å². The molecule has 1 aliphatic heterocycles. The molecule has 1 saturated heterocycles. The van der Waals surface area contributed by atoms with E-state index < -0.39 is 0 Å². The van der Waals surface area contributed by atoms with Gasteiger partial charge in [0.25, 0.3) is 0 Å². The number of hydrogen-bond acceptors (Lipinski definition) is 3. The van der Waals surface area contributed by atoms with Gasteiger partial charge in [-0.25, -0.2) is 0 Å². The Balaban J connectivity index is 1.82. The number of carbonyl (C=O) groups excluding carboxylic acids is 1. The lowest BCUT2D eigenvalue weighted by molar-refractivity contribution is -0.132. The second-order valence-corrected chi connectivity index (χ2v) is 5.93. The number of pyridine rings is 1. The molecule has 1 amide bonds. The lowest BCUT2D eigenvalue weighted by atomic mass is 9.98. The van der Waals surface area contributed by atoms with Gasteiger partial charge in [0.1, 0.15) is 0 Å². The second kappa shape index (κ2) is 8.13. The van der Waals surface area contributed by atoms with Gasteiger partial charge in [0, 0.05) is 37.9 Å². The van der Waals surface area contributed by atoms with Crippen molar-refractivity contribution in [2.45, 2.75) is 51.6 Å². The summed E-state index contributed by atoms with van der Waals surface area (Å²) < 4.78 is 0. The van der Waals surface area contributed by atoms with Crippen LogP contribution in [0.1, 0.15) is 44.6 Å². The maximum absolute atomic E-state index is 12.4. The van der Waals surface area contributed by atoms with Gasteiger partial charge in [0.15, 0.2) is 0 Å². The monoisotopic (exact) mass is 289 g/mol. The van der Waals surface area contributed by atoms with Crippen LogP contribution >= 0.6 is 0 Å². The molecule has 4 nitrogen and oxygen atoms in total. The average molecular weight is 289 g/mol. The van der Waals surface area contributed by atoms with Gasteiger partial charge in [-0.15, -0.1) is 0 Å². The number of piperidine rings is 1. The van der Waals surface area contributed by atoms with Crippen molar-refractivity contribution in [2.75, 3.05) is 20.1 Å². The van der Waals surface area contributed by atoms with Crippen molar-refractivity contribution in [1.82, 2.24) is 14.8 Å². The van der Waals surface area contributed by atoms with E-state index in [2.05, 4.69) is 16.9 Å². The SMILES string of the molecule is CCN(Cc1ccncc1)C(=O)CCC1CCCCN1C. The molecule has 0 aliphatic carbocycles. The quantitative estimate of drug-likeness (QED) is 0.808. The second-order valence-electron chi connectivity index (χ2n) is 5.93. The van der Waals surface area contributed by atoms with E-state index in [1.54, 1.807) is 12.4 Å². The maximum Gasteiger partial charge on any atom is 0.222 e. The number of likely N-dealkylation sites (tertiary alicyclic amines) is 1. The lowest BCUT2D eigenvalue weighted by Gasteiger charge is -2.32. The number of rotatable bonds is 6. The van der Waals surface area contributed by atoms with E-state index in [1.165, 1.54) is 25.8 Å². The molecule has 1 aliphatic rings. The molecule has 0 bridgehead atoms. The van der Waals surface area contributed by atoms with Gasteiger partial charge in [-0.1, -0.05) is 6.42 Å². The minimum Gasteiger partial charge on any atom is -0.339 e. The van der Waals surface area contributed by atoms with E-state index in [9.17, 15) is 4.79 Å². The molecule has 21 heavy (non-hydrogen) atoms. The van der Waals surface area contributed by atoms with Crippen LogP contribution in [-0.4, -0.2) is 46.9 Å². The first-order valence-electron chi connectivity index (χ1n) is 8.07. The standard InChI is InChI=1S/C17H27N3O/c1-3-20(14-15-9-11-18-12-10-15)17(21)8-7-16-6-4-5-13-19(16)2/h9-12,16H,3-8,13-14H2,1-2H3. The highest BCUT2D eigenvalue weighted by atomic mass is 16.2. The maximum atomic E-state index is 12.4. The first-order valence-corrected chi connectivity index (χ1v) is 8.07. The fourth-order valence-corrected chi connectivity index (χ4v) is 3.04. The largest absolute Gasteiger partial charge is 0.339 e. The van der Waals surface area contributed by atoms with Crippen LogP contribution in [0.15, 0.2) is 24.5 Å². The van der Waals surface area contributed by atoms with Gasteiger partial charge in [0.2, 0.25) is 5.91 Å². The topological polar surface area (TPSA) is 36.4 Å². The van der Waals surface area contributed by atoms with Crippen LogP contribution in [0.2, 0.25) is 0 Å². The van der Waals surface area contributed by atoms with E-state index in [0.29, 0.717) is 19.0 Å². The average Bonchev–Trinajstić information content (AvgIpc) is 2.52. The Labute approximate surface area is 128 Å². The summed E-state index contributed by atoms with van der Waals surface area (Å²) in [6.07, 6.45) is 9.05. The number of hydrogen-bond donors (Lipinski definition) is 0. The Hall–Kier alpha value is -1.42. The summed E-state index contributed by atoms with van der Waals surface area (Å²) in [5.41, 5.74) is 1.15. The summed E-state index contributed by atoms with van der Waals surface area (Å²) >= 11 is 0. The molecule has 1 aromatic rings. The molecule has 1 atom stereocenters. The van der Waals surface area contributed by atoms with Crippen molar-refractivity contribution >= 4 is 5.91 Å². The first-order chi connectivity index (χ1) is 10.2. The van der Waals surface area contributed by atoms with Gasteiger partial charge in [-0.2, -0.15) is 0 Å². The van der Waals surface area contributed by atoms with Crippen LogP contribution < -0.4 is 0 Å². The zero-order chi connectivity index (χ0) is 15.1. The van der Waals surface area contributed by atoms with Crippen LogP contribution in [-0.2, 0) is 11.3 Å². The van der Waals surface area contributed by atoms with E-state index >= 15 is 0 Å². The third kappa shape index (κ3) is 4.81. The number of amides is 1. The molecule has 0 spiro atoms. The van der Waals surface area contributed by atoms with Crippen LogP contribution in [0.3, 0.4) is 0 Å². The van der Waals surface area contributed by atoms with Crippen LogP contribution in [0.25, 0.3) is 0 Å². The zero-order valence-electron chi connectivity index (χ0n) is 13.3. The summed E-state index contributed by atoms with van der Waals surface area (Å²) in [4.78, 5) is 20.8.